The topological polar surface area (TPSA) is 66.1 Å². The van der Waals surface area contributed by atoms with E-state index in [1.807, 2.05) is 72.1 Å². The molecule has 4 aromatic rings. The minimum atomic E-state index is -0.389. The molecule has 1 amide bonds. The molecular weight excluding hydrogens is 402 g/mol. The van der Waals surface area contributed by atoms with E-state index in [-0.39, 0.29) is 23.3 Å². The van der Waals surface area contributed by atoms with E-state index in [2.05, 4.69) is 9.97 Å². The third kappa shape index (κ3) is 4.41. The summed E-state index contributed by atoms with van der Waals surface area (Å²) in [6.45, 7) is 0.235. The third-order valence-corrected chi connectivity index (χ3v) is 6.61. The van der Waals surface area contributed by atoms with Crippen LogP contribution in [0, 0.1) is 0 Å². The summed E-state index contributed by atoms with van der Waals surface area (Å²) in [5.74, 6) is 0.436. The molecule has 146 valence electrons. The van der Waals surface area contributed by atoms with Gasteiger partial charge in [-0.05, 0) is 29.1 Å². The second-order valence-electron chi connectivity index (χ2n) is 6.56. The molecule has 7 heteroatoms. The van der Waals surface area contributed by atoms with Gasteiger partial charge in [0.25, 0.3) is 5.56 Å². The van der Waals surface area contributed by atoms with Crippen molar-refractivity contribution in [2.75, 3.05) is 7.05 Å². The van der Waals surface area contributed by atoms with Gasteiger partial charge in [-0.15, -0.1) is 23.1 Å². The molecule has 0 fully saturated rings. The predicted molar refractivity (Wildman–Crippen MR) is 118 cm³/mol. The zero-order chi connectivity index (χ0) is 20.2. The molecule has 0 aliphatic heterocycles. The first-order valence-electron chi connectivity index (χ1n) is 9.10. The Hall–Kier alpha value is -2.90. The van der Waals surface area contributed by atoms with Crippen LogP contribution in [0.3, 0.4) is 0 Å². The van der Waals surface area contributed by atoms with Crippen LogP contribution in [0.15, 0.2) is 81.8 Å². The van der Waals surface area contributed by atoms with E-state index in [4.69, 9.17) is 0 Å². The third-order valence-electron chi connectivity index (χ3n) is 4.45. The Bertz CT molecular complexity index is 1170. The summed E-state index contributed by atoms with van der Waals surface area (Å²) in [6, 6.07) is 21.4. The maximum atomic E-state index is 13.3. The quantitative estimate of drug-likeness (QED) is 0.466. The van der Waals surface area contributed by atoms with Gasteiger partial charge in [-0.1, -0.05) is 48.5 Å². The van der Waals surface area contributed by atoms with Gasteiger partial charge in [0, 0.05) is 11.9 Å². The summed E-state index contributed by atoms with van der Waals surface area (Å²) in [4.78, 5) is 35.5. The smallest absolute Gasteiger partial charge is 0.268 e. The molecule has 0 saturated carbocycles. The molecule has 0 aliphatic rings. The molecule has 5 nitrogen and oxygen atoms in total. The van der Waals surface area contributed by atoms with Crippen molar-refractivity contribution >= 4 is 39.2 Å². The fourth-order valence-electron chi connectivity index (χ4n) is 3.02. The Balaban J connectivity index is 1.59. The summed E-state index contributed by atoms with van der Waals surface area (Å²) < 4.78 is 0.601. The number of rotatable bonds is 6. The lowest BCUT2D eigenvalue weighted by Crippen LogP contribution is -2.31. The SMILES string of the molecule is CN(Cc1nc2ccsc2c(=O)[nH]1)C(=O)[C@H](Sc1ccccc1)c1ccccc1. The first-order valence-corrected chi connectivity index (χ1v) is 10.9. The number of hydrogen-bond acceptors (Lipinski definition) is 5. The zero-order valence-electron chi connectivity index (χ0n) is 15.7. The molecule has 1 N–H and O–H groups in total. The summed E-state index contributed by atoms with van der Waals surface area (Å²) in [5.41, 5.74) is 1.43. The van der Waals surface area contributed by atoms with E-state index in [0.29, 0.717) is 16.0 Å². The Morgan fingerprint density at radius 1 is 1.10 bits per heavy atom. The molecule has 0 spiro atoms. The molecule has 0 radical (unpaired) electrons. The molecule has 1 atom stereocenters. The molecule has 2 heterocycles. The standard InChI is InChI=1S/C22H19N3O2S2/c1-25(14-18-23-17-12-13-28-20(17)21(26)24-18)22(27)19(15-8-4-2-5-9-15)29-16-10-6-3-7-11-16/h2-13,19H,14H2,1H3,(H,23,24,26)/t19-/m1/s1. The predicted octanol–water partition coefficient (Wildman–Crippen LogP) is 4.48. The van der Waals surface area contributed by atoms with E-state index >= 15 is 0 Å². The highest BCUT2D eigenvalue weighted by atomic mass is 32.2. The molecule has 4 rings (SSSR count). The lowest BCUT2D eigenvalue weighted by molar-refractivity contribution is -0.130. The second-order valence-corrected chi connectivity index (χ2v) is 8.66. The van der Waals surface area contributed by atoms with Crippen molar-refractivity contribution in [2.24, 2.45) is 0 Å². The van der Waals surface area contributed by atoms with Crippen LogP contribution in [0.4, 0.5) is 0 Å². The van der Waals surface area contributed by atoms with Crippen molar-refractivity contribution in [3.63, 3.8) is 0 Å². The van der Waals surface area contributed by atoms with Gasteiger partial charge in [-0.3, -0.25) is 9.59 Å². The molecule has 29 heavy (non-hydrogen) atoms. The molecule has 2 aromatic heterocycles. The van der Waals surface area contributed by atoms with E-state index in [1.54, 1.807) is 11.9 Å². The van der Waals surface area contributed by atoms with Gasteiger partial charge in [0.15, 0.2) is 0 Å². The van der Waals surface area contributed by atoms with Crippen LogP contribution < -0.4 is 5.56 Å². The van der Waals surface area contributed by atoms with Gasteiger partial charge in [0.05, 0.1) is 12.1 Å². The van der Waals surface area contributed by atoms with Gasteiger partial charge >= 0.3 is 0 Å². The average molecular weight is 422 g/mol. The lowest BCUT2D eigenvalue weighted by Gasteiger charge is -2.23. The Morgan fingerprint density at radius 2 is 1.79 bits per heavy atom. The Kier molecular flexibility index (Phi) is 5.78. The maximum absolute atomic E-state index is 13.3. The van der Waals surface area contributed by atoms with Crippen LogP contribution in [0.2, 0.25) is 0 Å². The minimum Gasteiger partial charge on any atom is -0.337 e. The normalized spacial score (nSPS) is 12.0. The van der Waals surface area contributed by atoms with Crippen LogP contribution in [-0.2, 0) is 11.3 Å². The number of likely N-dealkylation sites (N-methyl/N-ethyl adjacent to an activating group) is 1. The molecule has 0 saturated heterocycles. The Morgan fingerprint density at radius 3 is 2.52 bits per heavy atom. The lowest BCUT2D eigenvalue weighted by atomic mass is 10.1. The van der Waals surface area contributed by atoms with Gasteiger partial charge in [0.2, 0.25) is 5.91 Å². The number of hydrogen-bond donors (Lipinski definition) is 1. The number of thiophene rings is 1. The van der Waals surface area contributed by atoms with Crippen molar-refractivity contribution in [3.8, 4) is 0 Å². The van der Waals surface area contributed by atoms with E-state index in [9.17, 15) is 9.59 Å². The summed E-state index contributed by atoms with van der Waals surface area (Å²) in [6.07, 6.45) is 0. The maximum Gasteiger partial charge on any atom is 0.268 e. The number of aromatic nitrogens is 2. The number of carbonyl (C=O) groups is 1. The highest BCUT2D eigenvalue weighted by molar-refractivity contribution is 8.00. The largest absolute Gasteiger partial charge is 0.337 e. The fraction of sp³-hybridized carbons (Fsp3) is 0.136. The Labute approximate surface area is 176 Å². The molecule has 0 bridgehead atoms. The van der Waals surface area contributed by atoms with Crippen LogP contribution in [-0.4, -0.2) is 27.8 Å². The number of nitrogens with one attached hydrogen (secondary N) is 1. The summed E-state index contributed by atoms with van der Waals surface area (Å²) >= 11 is 2.88. The van der Waals surface area contributed by atoms with Gasteiger partial charge in [0.1, 0.15) is 15.8 Å². The van der Waals surface area contributed by atoms with Crippen LogP contribution in [0.5, 0.6) is 0 Å². The number of fused-ring (bicyclic) bond motifs is 1. The highest BCUT2D eigenvalue weighted by Gasteiger charge is 2.25. The van der Waals surface area contributed by atoms with Crippen molar-refractivity contribution in [1.29, 1.82) is 0 Å². The zero-order valence-corrected chi connectivity index (χ0v) is 17.4. The fourth-order valence-corrected chi connectivity index (χ4v) is 4.91. The van der Waals surface area contributed by atoms with Crippen LogP contribution in [0.25, 0.3) is 10.2 Å². The van der Waals surface area contributed by atoms with Gasteiger partial charge in [-0.25, -0.2) is 4.98 Å². The first kappa shape index (κ1) is 19.4. The number of amides is 1. The second kappa shape index (κ2) is 8.63. The number of carbonyl (C=O) groups excluding carboxylic acids is 1. The van der Waals surface area contributed by atoms with E-state index in [0.717, 1.165) is 10.5 Å². The minimum absolute atomic E-state index is 0.0434. The highest BCUT2D eigenvalue weighted by Crippen LogP contribution is 2.36. The van der Waals surface area contributed by atoms with Crippen LogP contribution >= 0.6 is 23.1 Å². The van der Waals surface area contributed by atoms with Crippen molar-refractivity contribution in [3.05, 3.63) is 93.9 Å². The molecule has 0 unspecified atom stereocenters. The van der Waals surface area contributed by atoms with E-state index in [1.165, 1.54) is 23.1 Å². The average Bonchev–Trinajstić information content (AvgIpc) is 3.22. The number of H-pyrrole nitrogens is 1. The van der Waals surface area contributed by atoms with E-state index < -0.39 is 0 Å². The summed E-state index contributed by atoms with van der Waals surface area (Å²) in [7, 11) is 1.74. The first-order chi connectivity index (χ1) is 14.1. The van der Waals surface area contributed by atoms with Gasteiger partial charge < -0.3 is 9.88 Å². The molecule has 0 aliphatic carbocycles. The van der Waals surface area contributed by atoms with Gasteiger partial charge in [-0.2, -0.15) is 0 Å². The van der Waals surface area contributed by atoms with Crippen molar-refractivity contribution < 1.29 is 4.79 Å². The number of aromatic amines is 1. The summed E-state index contributed by atoms with van der Waals surface area (Å²) in [5, 5.41) is 1.45. The van der Waals surface area contributed by atoms with Crippen LogP contribution in [0.1, 0.15) is 16.6 Å². The molecule has 2 aromatic carbocycles. The van der Waals surface area contributed by atoms with Crippen molar-refractivity contribution in [2.45, 2.75) is 16.7 Å². The number of nitrogens with zero attached hydrogens (tertiary/aromatic N) is 2. The monoisotopic (exact) mass is 421 g/mol. The number of benzene rings is 2. The molecular formula is C22H19N3O2S2. The number of thioether (sulfide) groups is 1. The van der Waals surface area contributed by atoms with Crippen molar-refractivity contribution in [1.82, 2.24) is 14.9 Å².